The maximum absolute atomic E-state index is 12.7. The first kappa shape index (κ1) is 15.9. The summed E-state index contributed by atoms with van der Waals surface area (Å²) in [5.41, 5.74) is 4.14. The molecule has 0 radical (unpaired) electrons. The second kappa shape index (κ2) is 6.70. The first-order chi connectivity index (χ1) is 12.2. The molecule has 1 unspecified atom stereocenters. The van der Waals surface area contributed by atoms with Crippen molar-refractivity contribution in [1.82, 2.24) is 9.80 Å². The number of likely N-dealkylation sites (tertiary alicyclic amines) is 1. The van der Waals surface area contributed by atoms with E-state index in [2.05, 4.69) is 35.2 Å². The molecule has 0 saturated carbocycles. The van der Waals surface area contributed by atoms with Gasteiger partial charge in [0.2, 0.25) is 0 Å². The van der Waals surface area contributed by atoms with E-state index in [4.69, 9.17) is 5.26 Å². The van der Waals surface area contributed by atoms with Crippen molar-refractivity contribution in [2.24, 2.45) is 0 Å². The fourth-order valence-electron chi connectivity index (χ4n) is 3.92. The standard InChI is InChI=1S/C21H21N3O/c22-13-16-5-7-18(8-6-16)21(25)24-12-10-20(15-24)23-11-9-17-3-1-2-4-19(17)14-23/h1-8,20H,9-12,14-15H2. The van der Waals surface area contributed by atoms with E-state index in [0.29, 0.717) is 17.2 Å². The minimum atomic E-state index is 0.0735. The van der Waals surface area contributed by atoms with Crippen LogP contribution in [0, 0.1) is 11.3 Å². The minimum Gasteiger partial charge on any atom is -0.337 e. The van der Waals surface area contributed by atoms with Crippen LogP contribution in [0.1, 0.15) is 33.5 Å². The average molecular weight is 331 g/mol. The van der Waals surface area contributed by atoms with Crippen molar-refractivity contribution < 1.29 is 4.79 Å². The van der Waals surface area contributed by atoms with Gasteiger partial charge in [-0.1, -0.05) is 24.3 Å². The Kier molecular flexibility index (Phi) is 4.25. The summed E-state index contributed by atoms with van der Waals surface area (Å²) >= 11 is 0. The van der Waals surface area contributed by atoms with Gasteiger partial charge in [0.25, 0.3) is 5.91 Å². The number of carbonyl (C=O) groups is 1. The van der Waals surface area contributed by atoms with Crippen LogP contribution in [0.3, 0.4) is 0 Å². The highest BCUT2D eigenvalue weighted by Gasteiger charge is 2.32. The van der Waals surface area contributed by atoms with Crippen LogP contribution >= 0.6 is 0 Å². The summed E-state index contributed by atoms with van der Waals surface area (Å²) in [6.45, 7) is 3.66. The van der Waals surface area contributed by atoms with Gasteiger partial charge in [0.05, 0.1) is 11.6 Å². The smallest absolute Gasteiger partial charge is 0.253 e. The molecule has 2 aliphatic heterocycles. The van der Waals surface area contributed by atoms with E-state index in [0.717, 1.165) is 39.0 Å². The maximum atomic E-state index is 12.7. The van der Waals surface area contributed by atoms with Crippen molar-refractivity contribution in [1.29, 1.82) is 5.26 Å². The maximum Gasteiger partial charge on any atom is 0.253 e. The molecule has 0 aliphatic carbocycles. The molecule has 2 heterocycles. The molecule has 1 saturated heterocycles. The van der Waals surface area contributed by atoms with Crippen LogP contribution in [0.25, 0.3) is 0 Å². The van der Waals surface area contributed by atoms with Crippen molar-refractivity contribution in [3.05, 3.63) is 70.8 Å². The number of nitrogens with zero attached hydrogens (tertiary/aromatic N) is 3. The number of nitriles is 1. The molecular weight excluding hydrogens is 310 g/mol. The summed E-state index contributed by atoms with van der Waals surface area (Å²) in [5, 5.41) is 8.88. The molecule has 4 rings (SSSR count). The van der Waals surface area contributed by atoms with Gasteiger partial charge in [0.1, 0.15) is 0 Å². The lowest BCUT2D eigenvalue weighted by atomic mass is 9.98. The van der Waals surface area contributed by atoms with Gasteiger partial charge in [-0.05, 0) is 48.2 Å². The molecule has 4 nitrogen and oxygen atoms in total. The predicted molar refractivity (Wildman–Crippen MR) is 96.0 cm³/mol. The molecule has 1 amide bonds. The number of amides is 1. The number of benzene rings is 2. The highest BCUT2D eigenvalue weighted by Crippen LogP contribution is 2.25. The summed E-state index contributed by atoms with van der Waals surface area (Å²) in [5.74, 6) is 0.0735. The number of hydrogen-bond acceptors (Lipinski definition) is 3. The molecule has 0 spiro atoms. The Balaban J connectivity index is 1.41. The van der Waals surface area contributed by atoms with Crippen LogP contribution in [-0.4, -0.2) is 41.4 Å². The Bertz CT molecular complexity index is 822. The van der Waals surface area contributed by atoms with Crippen LogP contribution in [0.5, 0.6) is 0 Å². The molecule has 126 valence electrons. The summed E-state index contributed by atoms with van der Waals surface area (Å²) in [7, 11) is 0. The van der Waals surface area contributed by atoms with Gasteiger partial charge >= 0.3 is 0 Å². The summed E-state index contributed by atoms with van der Waals surface area (Å²) in [4.78, 5) is 17.2. The summed E-state index contributed by atoms with van der Waals surface area (Å²) in [6, 6.07) is 18.1. The number of carbonyl (C=O) groups excluding carboxylic acids is 1. The zero-order valence-corrected chi connectivity index (χ0v) is 14.2. The Labute approximate surface area is 148 Å². The molecule has 4 heteroatoms. The van der Waals surface area contributed by atoms with Crippen molar-refractivity contribution in [2.75, 3.05) is 19.6 Å². The Morgan fingerprint density at radius 3 is 2.56 bits per heavy atom. The van der Waals surface area contributed by atoms with Gasteiger partial charge in [0, 0.05) is 37.8 Å². The fourth-order valence-corrected chi connectivity index (χ4v) is 3.92. The molecule has 2 aromatic carbocycles. The average Bonchev–Trinajstić information content (AvgIpc) is 3.17. The summed E-state index contributed by atoms with van der Waals surface area (Å²) < 4.78 is 0. The molecule has 2 aliphatic rings. The molecule has 0 bridgehead atoms. The third kappa shape index (κ3) is 3.16. The molecule has 25 heavy (non-hydrogen) atoms. The van der Waals surface area contributed by atoms with Crippen molar-refractivity contribution in [3.8, 4) is 6.07 Å². The lowest BCUT2D eigenvalue weighted by molar-refractivity contribution is 0.0773. The quantitative estimate of drug-likeness (QED) is 0.850. The SMILES string of the molecule is N#Cc1ccc(C(=O)N2CCC(N3CCc4ccccc4C3)C2)cc1. The van der Waals surface area contributed by atoms with Crippen molar-refractivity contribution in [3.63, 3.8) is 0 Å². The first-order valence-corrected chi connectivity index (χ1v) is 8.85. The van der Waals surface area contributed by atoms with E-state index in [9.17, 15) is 4.79 Å². The zero-order valence-electron chi connectivity index (χ0n) is 14.2. The third-order valence-electron chi connectivity index (χ3n) is 5.39. The van der Waals surface area contributed by atoms with E-state index in [1.807, 2.05) is 4.90 Å². The lowest BCUT2D eigenvalue weighted by Crippen LogP contribution is -2.41. The summed E-state index contributed by atoms with van der Waals surface area (Å²) in [6.07, 6.45) is 2.13. The fraction of sp³-hybridized carbons (Fsp3) is 0.333. The predicted octanol–water partition coefficient (Wildman–Crippen LogP) is 2.83. The van der Waals surface area contributed by atoms with Crippen LogP contribution in [0.2, 0.25) is 0 Å². The van der Waals surface area contributed by atoms with Crippen molar-refractivity contribution >= 4 is 5.91 Å². The largest absolute Gasteiger partial charge is 0.337 e. The molecule has 0 aromatic heterocycles. The third-order valence-corrected chi connectivity index (χ3v) is 5.39. The second-order valence-electron chi connectivity index (χ2n) is 6.87. The van der Waals surface area contributed by atoms with Gasteiger partial charge in [-0.15, -0.1) is 0 Å². The van der Waals surface area contributed by atoms with Gasteiger partial charge in [-0.25, -0.2) is 0 Å². The highest BCUT2D eigenvalue weighted by molar-refractivity contribution is 5.94. The van der Waals surface area contributed by atoms with E-state index < -0.39 is 0 Å². The van der Waals surface area contributed by atoms with Gasteiger partial charge < -0.3 is 4.90 Å². The van der Waals surface area contributed by atoms with Crippen LogP contribution < -0.4 is 0 Å². The Hall–Kier alpha value is -2.64. The van der Waals surface area contributed by atoms with Gasteiger partial charge in [-0.2, -0.15) is 5.26 Å². The first-order valence-electron chi connectivity index (χ1n) is 8.85. The van der Waals surface area contributed by atoms with E-state index in [1.54, 1.807) is 24.3 Å². The van der Waals surface area contributed by atoms with Crippen molar-refractivity contribution in [2.45, 2.75) is 25.4 Å². The van der Waals surface area contributed by atoms with Crippen LogP contribution in [-0.2, 0) is 13.0 Å². The number of rotatable bonds is 2. The van der Waals surface area contributed by atoms with Crippen LogP contribution in [0.15, 0.2) is 48.5 Å². The topological polar surface area (TPSA) is 47.3 Å². The Morgan fingerprint density at radius 1 is 1.04 bits per heavy atom. The van der Waals surface area contributed by atoms with E-state index in [-0.39, 0.29) is 5.91 Å². The minimum absolute atomic E-state index is 0.0735. The van der Waals surface area contributed by atoms with Gasteiger partial charge in [0.15, 0.2) is 0 Å². The molecule has 1 atom stereocenters. The number of fused-ring (bicyclic) bond motifs is 1. The second-order valence-corrected chi connectivity index (χ2v) is 6.87. The zero-order chi connectivity index (χ0) is 17.2. The van der Waals surface area contributed by atoms with Gasteiger partial charge in [-0.3, -0.25) is 9.69 Å². The lowest BCUT2D eigenvalue weighted by Gasteiger charge is -2.33. The van der Waals surface area contributed by atoms with E-state index in [1.165, 1.54) is 11.1 Å². The molecule has 1 fully saturated rings. The van der Waals surface area contributed by atoms with E-state index >= 15 is 0 Å². The monoisotopic (exact) mass is 331 g/mol. The number of hydrogen-bond donors (Lipinski definition) is 0. The molecular formula is C21H21N3O. The Morgan fingerprint density at radius 2 is 1.80 bits per heavy atom. The van der Waals surface area contributed by atoms with Crippen LogP contribution in [0.4, 0.5) is 0 Å². The normalized spacial score (nSPS) is 20.1. The molecule has 0 N–H and O–H groups in total. The molecule has 2 aromatic rings. The highest BCUT2D eigenvalue weighted by atomic mass is 16.2.